The molecule has 0 fully saturated rings. The third-order valence-corrected chi connectivity index (χ3v) is 2.93. The van der Waals surface area contributed by atoms with E-state index >= 15 is 0 Å². The lowest BCUT2D eigenvalue weighted by Crippen LogP contribution is -2.39. The standard InChI is InChI=1S/C13H12FN3O3/c1-16-6-9(12(19)17(2)13(16)20)11(18)8-5-7(15)3-4-10(8)14/h3-6H,15H2,1-2H3. The maximum atomic E-state index is 13.7. The molecular weight excluding hydrogens is 265 g/mol. The summed E-state index contributed by atoms with van der Waals surface area (Å²) in [6.07, 6.45) is 1.09. The maximum absolute atomic E-state index is 13.7. The van der Waals surface area contributed by atoms with E-state index < -0.39 is 22.8 Å². The second-order valence-electron chi connectivity index (χ2n) is 4.37. The van der Waals surface area contributed by atoms with E-state index in [1.165, 1.54) is 20.2 Å². The lowest BCUT2D eigenvalue weighted by atomic mass is 10.0. The second kappa shape index (κ2) is 4.76. The Morgan fingerprint density at radius 3 is 2.50 bits per heavy atom. The first-order valence-electron chi connectivity index (χ1n) is 5.69. The molecule has 104 valence electrons. The summed E-state index contributed by atoms with van der Waals surface area (Å²) in [4.78, 5) is 35.7. The van der Waals surface area contributed by atoms with Crippen LogP contribution in [-0.2, 0) is 14.1 Å². The summed E-state index contributed by atoms with van der Waals surface area (Å²) in [6.45, 7) is 0. The highest BCUT2D eigenvalue weighted by molar-refractivity contribution is 6.09. The molecule has 0 radical (unpaired) electrons. The van der Waals surface area contributed by atoms with E-state index in [1.807, 2.05) is 0 Å². The van der Waals surface area contributed by atoms with Crippen molar-refractivity contribution in [1.29, 1.82) is 0 Å². The summed E-state index contributed by atoms with van der Waals surface area (Å²) in [5.41, 5.74) is 3.77. The molecule has 0 bridgehead atoms. The molecule has 1 heterocycles. The lowest BCUT2D eigenvalue weighted by Gasteiger charge is -2.07. The van der Waals surface area contributed by atoms with Gasteiger partial charge in [0, 0.05) is 26.0 Å². The molecule has 1 aromatic carbocycles. The number of nitrogen functional groups attached to an aromatic ring is 1. The Hall–Kier alpha value is -2.70. The average molecular weight is 277 g/mol. The predicted octanol–water partition coefficient (Wildman–Crippen LogP) is 0.0363. The van der Waals surface area contributed by atoms with Gasteiger partial charge in [0.25, 0.3) is 5.56 Å². The summed E-state index contributed by atoms with van der Waals surface area (Å²) in [5.74, 6) is -1.59. The zero-order valence-corrected chi connectivity index (χ0v) is 10.9. The number of rotatable bonds is 2. The van der Waals surface area contributed by atoms with E-state index in [9.17, 15) is 18.8 Å². The van der Waals surface area contributed by atoms with E-state index in [1.54, 1.807) is 0 Å². The fourth-order valence-electron chi connectivity index (χ4n) is 1.83. The normalized spacial score (nSPS) is 10.6. The van der Waals surface area contributed by atoms with Gasteiger partial charge in [-0.1, -0.05) is 0 Å². The Morgan fingerprint density at radius 1 is 1.20 bits per heavy atom. The Labute approximate surface area is 112 Å². The van der Waals surface area contributed by atoms with Gasteiger partial charge in [-0.15, -0.1) is 0 Å². The number of nitrogens with zero attached hydrogens (tertiary/aromatic N) is 2. The van der Waals surface area contributed by atoms with Crippen LogP contribution in [0.1, 0.15) is 15.9 Å². The van der Waals surface area contributed by atoms with Crippen LogP contribution in [0.3, 0.4) is 0 Å². The van der Waals surface area contributed by atoms with Crippen LogP contribution in [0.25, 0.3) is 0 Å². The third kappa shape index (κ3) is 2.13. The third-order valence-electron chi connectivity index (χ3n) is 2.93. The quantitative estimate of drug-likeness (QED) is 0.620. The summed E-state index contributed by atoms with van der Waals surface area (Å²) in [7, 11) is 2.64. The van der Waals surface area contributed by atoms with Crippen molar-refractivity contribution < 1.29 is 9.18 Å². The summed E-state index contributed by atoms with van der Waals surface area (Å²) in [6, 6.07) is 3.52. The molecule has 0 aliphatic rings. The van der Waals surface area contributed by atoms with Crippen molar-refractivity contribution in [2.45, 2.75) is 0 Å². The van der Waals surface area contributed by atoms with Crippen LogP contribution >= 0.6 is 0 Å². The minimum atomic E-state index is -0.814. The van der Waals surface area contributed by atoms with Gasteiger partial charge in [0.15, 0.2) is 0 Å². The molecule has 0 aliphatic heterocycles. The highest BCUT2D eigenvalue weighted by Gasteiger charge is 2.19. The fraction of sp³-hybridized carbons (Fsp3) is 0.154. The molecule has 0 amide bonds. The number of ketones is 1. The molecule has 0 unspecified atom stereocenters. The number of hydrogen-bond donors (Lipinski definition) is 1. The van der Waals surface area contributed by atoms with Crippen LogP contribution in [0.15, 0.2) is 34.0 Å². The van der Waals surface area contributed by atoms with Gasteiger partial charge in [-0.05, 0) is 18.2 Å². The van der Waals surface area contributed by atoms with Gasteiger partial charge in [0.2, 0.25) is 5.78 Å². The van der Waals surface area contributed by atoms with Crippen LogP contribution in [-0.4, -0.2) is 14.9 Å². The molecule has 2 aromatic rings. The number of aryl methyl sites for hydroxylation is 1. The topological polar surface area (TPSA) is 87.1 Å². The molecule has 2 rings (SSSR count). The van der Waals surface area contributed by atoms with E-state index in [0.29, 0.717) is 0 Å². The zero-order chi connectivity index (χ0) is 15.0. The first kappa shape index (κ1) is 13.7. The number of anilines is 1. The van der Waals surface area contributed by atoms with Crippen molar-refractivity contribution in [3.63, 3.8) is 0 Å². The second-order valence-corrected chi connectivity index (χ2v) is 4.37. The van der Waals surface area contributed by atoms with Gasteiger partial charge in [0.1, 0.15) is 11.4 Å². The monoisotopic (exact) mass is 277 g/mol. The molecule has 0 saturated heterocycles. The highest BCUT2D eigenvalue weighted by Crippen LogP contribution is 2.14. The maximum Gasteiger partial charge on any atom is 0.330 e. The van der Waals surface area contributed by atoms with Crippen LogP contribution in [0, 0.1) is 5.82 Å². The van der Waals surface area contributed by atoms with E-state index in [-0.39, 0.29) is 16.8 Å². The van der Waals surface area contributed by atoms with Crippen molar-refractivity contribution in [2.24, 2.45) is 14.1 Å². The minimum Gasteiger partial charge on any atom is -0.399 e. The molecule has 1 aromatic heterocycles. The van der Waals surface area contributed by atoms with Crippen LogP contribution < -0.4 is 17.0 Å². The molecule has 7 heteroatoms. The predicted molar refractivity (Wildman–Crippen MR) is 71.2 cm³/mol. The molecule has 20 heavy (non-hydrogen) atoms. The van der Waals surface area contributed by atoms with Gasteiger partial charge in [-0.3, -0.25) is 14.2 Å². The molecule has 6 nitrogen and oxygen atoms in total. The van der Waals surface area contributed by atoms with Gasteiger partial charge in [-0.25, -0.2) is 9.18 Å². The number of hydrogen-bond acceptors (Lipinski definition) is 4. The van der Waals surface area contributed by atoms with E-state index in [2.05, 4.69) is 0 Å². The number of carbonyl (C=O) groups is 1. The summed E-state index contributed by atoms with van der Waals surface area (Å²) < 4.78 is 15.5. The summed E-state index contributed by atoms with van der Waals surface area (Å²) in [5, 5.41) is 0. The summed E-state index contributed by atoms with van der Waals surface area (Å²) >= 11 is 0. The van der Waals surface area contributed by atoms with Crippen molar-refractivity contribution in [1.82, 2.24) is 9.13 Å². The van der Waals surface area contributed by atoms with Crippen LogP contribution in [0.5, 0.6) is 0 Å². The Kier molecular flexibility index (Phi) is 3.27. The number of benzene rings is 1. The van der Waals surface area contributed by atoms with Crippen molar-refractivity contribution in [3.05, 3.63) is 62.2 Å². The van der Waals surface area contributed by atoms with Gasteiger partial charge in [0.05, 0.1) is 5.56 Å². The van der Waals surface area contributed by atoms with Crippen molar-refractivity contribution >= 4 is 11.5 Å². The highest BCUT2D eigenvalue weighted by atomic mass is 19.1. The number of nitrogens with two attached hydrogens (primary N) is 1. The van der Waals surface area contributed by atoms with Crippen molar-refractivity contribution in [3.8, 4) is 0 Å². The molecule has 0 aliphatic carbocycles. The molecule has 0 saturated carbocycles. The number of halogens is 1. The minimum absolute atomic E-state index is 0.205. The molecule has 2 N–H and O–H groups in total. The van der Waals surface area contributed by atoms with Crippen LogP contribution in [0.4, 0.5) is 10.1 Å². The average Bonchev–Trinajstić information content (AvgIpc) is 2.42. The van der Waals surface area contributed by atoms with E-state index in [0.717, 1.165) is 27.5 Å². The number of aromatic nitrogens is 2. The Bertz CT molecular complexity index is 821. The first-order valence-corrected chi connectivity index (χ1v) is 5.69. The molecule has 0 spiro atoms. The molecule has 0 atom stereocenters. The molecular formula is C13H12FN3O3. The van der Waals surface area contributed by atoms with Crippen molar-refractivity contribution in [2.75, 3.05) is 5.73 Å². The van der Waals surface area contributed by atoms with Crippen LogP contribution in [0.2, 0.25) is 0 Å². The van der Waals surface area contributed by atoms with Gasteiger partial charge >= 0.3 is 5.69 Å². The smallest absolute Gasteiger partial charge is 0.330 e. The number of carbonyl (C=O) groups excluding carboxylic acids is 1. The fourth-order valence-corrected chi connectivity index (χ4v) is 1.83. The SMILES string of the molecule is Cn1cc(C(=O)c2cc(N)ccc2F)c(=O)n(C)c1=O. The zero-order valence-electron chi connectivity index (χ0n) is 10.9. The van der Waals surface area contributed by atoms with Gasteiger partial charge < -0.3 is 10.3 Å². The first-order chi connectivity index (χ1) is 9.32. The Balaban J connectivity index is 2.69. The van der Waals surface area contributed by atoms with E-state index in [4.69, 9.17) is 5.73 Å². The van der Waals surface area contributed by atoms with Gasteiger partial charge in [-0.2, -0.15) is 0 Å². The largest absolute Gasteiger partial charge is 0.399 e. The lowest BCUT2D eigenvalue weighted by molar-refractivity contribution is 0.103. The Morgan fingerprint density at radius 2 is 1.85 bits per heavy atom.